The maximum atomic E-state index is 14.1. The summed E-state index contributed by atoms with van der Waals surface area (Å²) in [6.45, 7) is 2.26. The Labute approximate surface area is 225 Å². The Balaban J connectivity index is 1.40. The molecule has 2 N–H and O–H groups in total. The number of halogens is 3. The van der Waals surface area contributed by atoms with Crippen molar-refractivity contribution in [3.63, 3.8) is 0 Å². The molecule has 2 saturated carbocycles. The van der Waals surface area contributed by atoms with E-state index in [9.17, 15) is 18.4 Å². The van der Waals surface area contributed by atoms with Gasteiger partial charge in [-0.3, -0.25) is 9.78 Å². The van der Waals surface area contributed by atoms with Gasteiger partial charge in [-0.15, -0.1) is 0 Å². The third-order valence-electron chi connectivity index (χ3n) is 8.07. The number of aromatic nitrogens is 3. The van der Waals surface area contributed by atoms with Gasteiger partial charge in [0.05, 0.1) is 5.02 Å². The summed E-state index contributed by atoms with van der Waals surface area (Å²) in [6.07, 6.45) is 2.87. The highest BCUT2D eigenvalue weighted by Crippen LogP contribution is 2.48. The van der Waals surface area contributed by atoms with Crippen molar-refractivity contribution in [3.8, 4) is 22.8 Å². The summed E-state index contributed by atoms with van der Waals surface area (Å²) >= 11 is 6.47. The molecule has 3 aromatic rings. The molecule has 6 nitrogen and oxygen atoms in total. The van der Waals surface area contributed by atoms with E-state index in [-0.39, 0.29) is 36.5 Å². The van der Waals surface area contributed by atoms with Crippen LogP contribution in [0.2, 0.25) is 5.02 Å². The monoisotopic (exact) mass is 540 g/mol. The maximum Gasteiger partial charge on any atom is 0.348 e. The second kappa shape index (κ2) is 10.6. The van der Waals surface area contributed by atoms with Crippen molar-refractivity contribution in [1.29, 1.82) is 0 Å². The number of alkyl halides is 2. The van der Waals surface area contributed by atoms with Crippen LogP contribution in [0.25, 0.3) is 22.8 Å². The molecule has 0 spiro atoms. The SMILES string of the molecule is CC1(c2cccc(-c3nc(-c4cc(CNC(=O)C5(C(F)F)CCCCCC5)ccc4Cl)[nH]c(=O)n3)c2)CC1. The number of hydrogen-bond acceptors (Lipinski definition) is 4. The van der Waals surface area contributed by atoms with Crippen LogP contribution >= 0.6 is 11.6 Å². The van der Waals surface area contributed by atoms with Crippen molar-refractivity contribution in [2.24, 2.45) is 5.41 Å². The van der Waals surface area contributed by atoms with Crippen LogP contribution in [0.5, 0.6) is 0 Å². The molecule has 0 saturated heterocycles. The average Bonchev–Trinajstić information content (AvgIpc) is 3.71. The zero-order valence-corrected chi connectivity index (χ0v) is 22.1. The van der Waals surface area contributed by atoms with Crippen LogP contribution in [0.4, 0.5) is 8.78 Å². The lowest BCUT2D eigenvalue weighted by atomic mass is 9.79. The normalized spacial score (nSPS) is 18.1. The first-order valence-corrected chi connectivity index (χ1v) is 13.5. The minimum Gasteiger partial charge on any atom is -0.351 e. The molecular weight excluding hydrogens is 510 g/mol. The predicted octanol–water partition coefficient (Wildman–Crippen LogP) is 6.43. The Kier molecular flexibility index (Phi) is 7.36. The van der Waals surface area contributed by atoms with Crippen molar-refractivity contribution in [3.05, 3.63) is 69.1 Å². The number of carbonyl (C=O) groups excluding carboxylic acids is 1. The molecule has 5 rings (SSSR count). The van der Waals surface area contributed by atoms with E-state index >= 15 is 0 Å². The highest BCUT2D eigenvalue weighted by molar-refractivity contribution is 6.33. The Morgan fingerprint density at radius 2 is 1.79 bits per heavy atom. The molecule has 1 aromatic heterocycles. The molecule has 1 heterocycles. The summed E-state index contributed by atoms with van der Waals surface area (Å²) in [5.41, 5.74) is 0.986. The van der Waals surface area contributed by atoms with Gasteiger partial charge in [-0.25, -0.2) is 18.6 Å². The molecule has 2 aliphatic carbocycles. The van der Waals surface area contributed by atoms with Gasteiger partial charge in [-0.2, -0.15) is 4.98 Å². The van der Waals surface area contributed by atoms with Gasteiger partial charge in [0, 0.05) is 17.7 Å². The Bertz CT molecular complexity index is 1400. The molecule has 0 atom stereocenters. The molecule has 1 amide bonds. The molecule has 38 heavy (non-hydrogen) atoms. The molecule has 2 aliphatic rings. The number of nitrogens with one attached hydrogen (secondary N) is 2. The lowest BCUT2D eigenvalue weighted by molar-refractivity contribution is -0.142. The molecule has 200 valence electrons. The Hall–Kier alpha value is -3.13. The lowest BCUT2D eigenvalue weighted by Crippen LogP contribution is -2.45. The van der Waals surface area contributed by atoms with Crippen LogP contribution in [0.1, 0.15) is 69.4 Å². The van der Waals surface area contributed by atoms with Crippen molar-refractivity contribution >= 4 is 17.5 Å². The van der Waals surface area contributed by atoms with Crippen molar-refractivity contribution in [1.82, 2.24) is 20.3 Å². The average molecular weight is 541 g/mol. The van der Waals surface area contributed by atoms with E-state index in [1.807, 2.05) is 18.2 Å². The van der Waals surface area contributed by atoms with Gasteiger partial charge in [0.1, 0.15) is 11.2 Å². The van der Waals surface area contributed by atoms with E-state index in [1.165, 1.54) is 5.56 Å². The van der Waals surface area contributed by atoms with Crippen LogP contribution in [-0.4, -0.2) is 27.3 Å². The zero-order valence-electron chi connectivity index (χ0n) is 21.3. The van der Waals surface area contributed by atoms with Crippen LogP contribution in [-0.2, 0) is 16.8 Å². The van der Waals surface area contributed by atoms with Crippen LogP contribution in [0.15, 0.2) is 47.3 Å². The van der Waals surface area contributed by atoms with E-state index in [0.29, 0.717) is 29.0 Å². The number of aromatic amines is 1. The first kappa shape index (κ1) is 26.5. The minimum atomic E-state index is -2.72. The third kappa shape index (κ3) is 5.37. The topological polar surface area (TPSA) is 87.7 Å². The van der Waals surface area contributed by atoms with Crippen molar-refractivity contribution in [2.45, 2.75) is 76.7 Å². The smallest absolute Gasteiger partial charge is 0.348 e. The largest absolute Gasteiger partial charge is 0.351 e. The van der Waals surface area contributed by atoms with Gasteiger partial charge in [0.15, 0.2) is 5.82 Å². The van der Waals surface area contributed by atoms with Crippen LogP contribution < -0.4 is 11.0 Å². The first-order valence-electron chi connectivity index (χ1n) is 13.1. The van der Waals surface area contributed by atoms with Gasteiger partial charge in [-0.05, 0) is 60.4 Å². The number of rotatable bonds is 7. The third-order valence-corrected chi connectivity index (χ3v) is 8.40. The fourth-order valence-corrected chi connectivity index (χ4v) is 5.48. The summed E-state index contributed by atoms with van der Waals surface area (Å²) in [6, 6.07) is 13.0. The number of carbonyl (C=O) groups is 1. The number of benzene rings is 2. The molecule has 2 fully saturated rings. The summed E-state index contributed by atoms with van der Waals surface area (Å²) in [7, 11) is 0. The molecule has 0 unspecified atom stereocenters. The Morgan fingerprint density at radius 1 is 1.05 bits per heavy atom. The fraction of sp³-hybridized carbons (Fsp3) is 0.448. The van der Waals surface area contributed by atoms with E-state index < -0.39 is 23.4 Å². The van der Waals surface area contributed by atoms with Crippen LogP contribution in [0, 0.1) is 5.41 Å². The molecule has 9 heteroatoms. The van der Waals surface area contributed by atoms with E-state index in [0.717, 1.165) is 31.2 Å². The lowest BCUT2D eigenvalue weighted by Gasteiger charge is -2.30. The molecule has 0 bridgehead atoms. The van der Waals surface area contributed by atoms with E-state index in [2.05, 4.69) is 33.3 Å². The quantitative estimate of drug-likeness (QED) is 0.338. The molecule has 0 radical (unpaired) electrons. The van der Waals surface area contributed by atoms with Gasteiger partial charge in [0.2, 0.25) is 5.91 Å². The molecule has 0 aliphatic heterocycles. The molecule has 2 aromatic carbocycles. The van der Waals surface area contributed by atoms with Gasteiger partial charge in [-0.1, -0.05) is 68.5 Å². The summed E-state index contributed by atoms with van der Waals surface area (Å²) in [4.78, 5) is 36.8. The second-order valence-corrected chi connectivity index (χ2v) is 11.2. The second-order valence-electron chi connectivity index (χ2n) is 10.8. The summed E-state index contributed by atoms with van der Waals surface area (Å²) in [5, 5.41) is 3.08. The highest BCUT2D eigenvalue weighted by Gasteiger charge is 2.46. The number of nitrogens with zero attached hydrogens (tertiary/aromatic N) is 2. The van der Waals surface area contributed by atoms with E-state index in [4.69, 9.17) is 11.6 Å². The summed E-state index contributed by atoms with van der Waals surface area (Å²) < 4.78 is 28.1. The number of hydrogen-bond donors (Lipinski definition) is 2. The first-order chi connectivity index (χ1) is 18.2. The maximum absolute atomic E-state index is 14.1. The van der Waals surface area contributed by atoms with Gasteiger partial charge < -0.3 is 5.32 Å². The standard InChI is InChI=1S/C29H31ClF2N4O2/c1-28(13-14-28)20-8-6-7-19(16-20)23-34-24(36-27(38)35-23)21-15-18(9-10-22(21)30)17-33-26(37)29(25(31)32)11-4-2-3-5-12-29/h6-10,15-16,25H,2-5,11-14,17H2,1H3,(H,33,37)(H,34,35,36,38). The van der Waals surface area contributed by atoms with Crippen molar-refractivity contribution in [2.75, 3.05) is 0 Å². The number of amides is 1. The minimum absolute atomic E-state index is 0.0558. The van der Waals surface area contributed by atoms with Gasteiger partial charge >= 0.3 is 5.69 Å². The van der Waals surface area contributed by atoms with Crippen molar-refractivity contribution < 1.29 is 13.6 Å². The summed E-state index contributed by atoms with van der Waals surface area (Å²) in [5.74, 6) is -0.0845. The van der Waals surface area contributed by atoms with Crippen LogP contribution in [0.3, 0.4) is 0 Å². The zero-order chi connectivity index (χ0) is 26.9. The van der Waals surface area contributed by atoms with Gasteiger partial charge in [0.25, 0.3) is 6.43 Å². The highest BCUT2D eigenvalue weighted by atomic mass is 35.5. The fourth-order valence-electron chi connectivity index (χ4n) is 5.28. The number of H-pyrrole nitrogens is 1. The predicted molar refractivity (Wildman–Crippen MR) is 143 cm³/mol. The Morgan fingerprint density at radius 3 is 2.47 bits per heavy atom. The molecular formula is C29H31ClF2N4O2. The van der Waals surface area contributed by atoms with E-state index in [1.54, 1.807) is 18.2 Å².